The average Bonchev–Trinajstić information content (AvgIpc) is 2.32. The van der Waals surface area contributed by atoms with Gasteiger partial charge in [-0.2, -0.15) is 8.42 Å². The summed E-state index contributed by atoms with van der Waals surface area (Å²) < 4.78 is 31.8. The van der Waals surface area contributed by atoms with Crippen molar-refractivity contribution in [3.05, 3.63) is 0 Å². The van der Waals surface area contributed by atoms with Crippen molar-refractivity contribution in [2.24, 2.45) is 0 Å². The second-order valence-corrected chi connectivity index (χ2v) is 6.95. The smallest absolute Gasteiger partial charge is 0.270 e. The lowest BCUT2D eigenvalue weighted by molar-refractivity contribution is 0.146. The third kappa shape index (κ3) is 9.41. The maximum Gasteiger partial charge on any atom is 0.270 e. The van der Waals surface area contributed by atoms with Crippen molar-refractivity contribution in [3.63, 3.8) is 0 Å². The van der Waals surface area contributed by atoms with Crippen LogP contribution in [0.5, 0.6) is 0 Å². The van der Waals surface area contributed by atoms with Crippen molar-refractivity contribution in [1.29, 1.82) is 0 Å². The topological polar surface area (TPSA) is 74.6 Å². The minimum Gasteiger partial charge on any atom is -0.392 e. The van der Waals surface area contributed by atoms with Crippen molar-refractivity contribution in [1.82, 2.24) is 0 Å². The van der Waals surface area contributed by atoms with Gasteiger partial charge in [-0.15, -0.1) is 0 Å². The highest BCUT2D eigenvalue weighted by molar-refractivity contribution is 7.86. The van der Waals surface area contributed by atoms with E-state index in [1.54, 1.807) is 0 Å². The Morgan fingerprint density at radius 2 is 1.32 bits per heavy atom. The molecule has 0 saturated heterocycles. The molecule has 19 heavy (non-hydrogen) atoms. The van der Waals surface area contributed by atoms with Gasteiger partial charge in [0.2, 0.25) is 0 Å². The summed E-state index contributed by atoms with van der Waals surface area (Å²) in [6, 6.07) is 0. The second kappa shape index (κ2) is 10.6. The van der Waals surface area contributed by atoms with Gasteiger partial charge in [0.25, 0.3) is 10.1 Å². The summed E-state index contributed by atoms with van der Waals surface area (Å²) in [7, 11) is -4.14. The molecule has 116 valence electrons. The molecule has 0 bridgehead atoms. The molecule has 0 aliphatic carbocycles. The van der Waals surface area contributed by atoms with E-state index in [-0.39, 0.29) is 0 Å². The SMILES string of the molecule is CCCCCCCC(O)C(CCCCC)S(=O)(=O)O. The first-order valence-corrected chi connectivity index (χ1v) is 9.08. The monoisotopic (exact) mass is 294 g/mol. The molecule has 2 unspecified atom stereocenters. The van der Waals surface area contributed by atoms with E-state index in [2.05, 4.69) is 6.92 Å². The van der Waals surface area contributed by atoms with Gasteiger partial charge in [0.05, 0.1) is 6.10 Å². The van der Waals surface area contributed by atoms with Crippen LogP contribution in [0, 0.1) is 0 Å². The molecule has 0 spiro atoms. The lowest BCUT2D eigenvalue weighted by Gasteiger charge is -2.20. The van der Waals surface area contributed by atoms with Gasteiger partial charge in [-0.3, -0.25) is 4.55 Å². The molecule has 2 N–H and O–H groups in total. The maximum atomic E-state index is 11.3. The van der Waals surface area contributed by atoms with E-state index in [1.807, 2.05) is 6.92 Å². The summed E-state index contributed by atoms with van der Waals surface area (Å²) in [5.74, 6) is 0. The Morgan fingerprint density at radius 3 is 1.84 bits per heavy atom. The van der Waals surface area contributed by atoms with Crippen molar-refractivity contribution >= 4 is 10.1 Å². The Kier molecular flexibility index (Phi) is 10.6. The highest BCUT2D eigenvalue weighted by Crippen LogP contribution is 2.19. The van der Waals surface area contributed by atoms with Crippen LogP contribution in [-0.4, -0.2) is 29.4 Å². The summed E-state index contributed by atoms with van der Waals surface area (Å²) >= 11 is 0. The number of hydrogen-bond donors (Lipinski definition) is 2. The molecule has 0 aliphatic rings. The average molecular weight is 294 g/mol. The van der Waals surface area contributed by atoms with Gasteiger partial charge in [-0.25, -0.2) is 0 Å². The van der Waals surface area contributed by atoms with Crippen LogP contribution < -0.4 is 0 Å². The Labute approximate surface area is 118 Å². The molecule has 0 aromatic heterocycles. The zero-order valence-electron chi connectivity index (χ0n) is 12.3. The predicted octanol–water partition coefficient (Wildman–Crippen LogP) is 3.54. The first-order valence-electron chi connectivity index (χ1n) is 7.57. The molecule has 0 aromatic rings. The van der Waals surface area contributed by atoms with Crippen LogP contribution in [0.3, 0.4) is 0 Å². The largest absolute Gasteiger partial charge is 0.392 e. The Morgan fingerprint density at radius 1 is 0.842 bits per heavy atom. The van der Waals surface area contributed by atoms with E-state index in [0.29, 0.717) is 12.8 Å². The minimum atomic E-state index is -4.14. The molecule has 4 nitrogen and oxygen atoms in total. The minimum absolute atomic E-state index is 0.350. The van der Waals surface area contributed by atoms with Crippen molar-refractivity contribution < 1.29 is 18.1 Å². The molecule has 0 amide bonds. The standard InChI is InChI=1S/C14H30O4S/c1-3-5-7-8-10-11-13(15)14(19(16,17)18)12-9-6-4-2/h13-15H,3-12H2,1-2H3,(H,16,17,18). The lowest BCUT2D eigenvalue weighted by Crippen LogP contribution is -2.33. The van der Waals surface area contributed by atoms with Gasteiger partial charge < -0.3 is 5.11 Å². The summed E-state index contributed by atoms with van der Waals surface area (Å²) in [5.41, 5.74) is 0. The van der Waals surface area contributed by atoms with Crippen molar-refractivity contribution in [2.75, 3.05) is 0 Å². The molecular formula is C14H30O4S. The molecule has 0 radical (unpaired) electrons. The Balaban J connectivity index is 4.12. The maximum absolute atomic E-state index is 11.3. The molecular weight excluding hydrogens is 264 g/mol. The third-order valence-electron chi connectivity index (χ3n) is 3.51. The number of aliphatic hydroxyl groups is 1. The molecule has 0 saturated carbocycles. The Bertz CT molecular complexity index is 301. The molecule has 5 heteroatoms. The van der Waals surface area contributed by atoms with Crippen LogP contribution in [0.1, 0.15) is 78.1 Å². The fraction of sp³-hybridized carbons (Fsp3) is 1.00. The quantitative estimate of drug-likeness (QED) is 0.426. The summed E-state index contributed by atoms with van der Waals surface area (Å²) in [5, 5.41) is 8.95. The highest BCUT2D eigenvalue weighted by Gasteiger charge is 2.29. The van der Waals surface area contributed by atoms with Gasteiger partial charge in [-0.05, 0) is 12.8 Å². The second-order valence-electron chi connectivity index (χ2n) is 5.32. The van der Waals surface area contributed by atoms with Crippen LogP contribution in [0.2, 0.25) is 0 Å². The van der Waals surface area contributed by atoms with E-state index >= 15 is 0 Å². The van der Waals surface area contributed by atoms with E-state index in [0.717, 1.165) is 44.9 Å². The summed E-state index contributed by atoms with van der Waals surface area (Å²) in [6.07, 6.45) is 7.81. The number of aliphatic hydroxyl groups excluding tert-OH is 1. The van der Waals surface area contributed by atoms with Gasteiger partial charge in [0, 0.05) is 0 Å². The van der Waals surface area contributed by atoms with Crippen molar-refractivity contribution in [2.45, 2.75) is 89.4 Å². The van der Waals surface area contributed by atoms with Gasteiger partial charge >= 0.3 is 0 Å². The van der Waals surface area contributed by atoms with Crippen LogP contribution in [0.4, 0.5) is 0 Å². The zero-order chi connectivity index (χ0) is 14.7. The molecule has 0 heterocycles. The first kappa shape index (κ1) is 18.9. The van der Waals surface area contributed by atoms with Crippen LogP contribution in [0.25, 0.3) is 0 Å². The van der Waals surface area contributed by atoms with Gasteiger partial charge in [-0.1, -0.05) is 65.2 Å². The number of hydrogen-bond acceptors (Lipinski definition) is 3. The van der Waals surface area contributed by atoms with Gasteiger partial charge in [0.1, 0.15) is 5.25 Å². The van der Waals surface area contributed by atoms with Crippen LogP contribution in [0.15, 0.2) is 0 Å². The fourth-order valence-corrected chi connectivity index (χ4v) is 3.28. The van der Waals surface area contributed by atoms with Gasteiger partial charge in [0.15, 0.2) is 0 Å². The molecule has 0 fully saturated rings. The van der Waals surface area contributed by atoms with Crippen LogP contribution >= 0.6 is 0 Å². The molecule has 0 rings (SSSR count). The van der Waals surface area contributed by atoms with E-state index in [1.165, 1.54) is 6.42 Å². The lowest BCUT2D eigenvalue weighted by atomic mass is 10.0. The third-order valence-corrected chi connectivity index (χ3v) is 4.82. The highest BCUT2D eigenvalue weighted by atomic mass is 32.2. The molecule has 0 aromatic carbocycles. The van der Waals surface area contributed by atoms with Crippen LogP contribution in [-0.2, 0) is 10.1 Å². The van der Waals surface area contributed by atoms with E-state index < -0.39 is 21.5 Å². The fourth-order valence-electron chi connectivity index (χ4n) is 2.28. The predicted molar refractivity (Wildman–Crippen MR) is 78.9 cm³/mol. The number of unbranched alkanes of at least 4 members (excludes halogenated alkanes) is 6. The van der Waals surface area contributed by atoms with E-state index in [4.69, 9.17) is 0 Å². The zero-order valence-corrected chi connectivity index (χ0v) is 13.2. The number of rotatable bonds is 12. The Hall–Kier alpha value is -0.130. The summed E-state index contributed by atoms with van der Waals surface area (Å²) in [4.78, 5) is 0. The first-order chi connectivity index (χ1) is 8.93. The molecule has 2 atom stereocenters. The summed E-state index contributed by atoms with van der Waals surface area (Å²) in [6.45, 7) is 4.17. The van der Waals surface area contributed by atoms with E-state index in [9.17, 15) is 18.1 Å². The van der Waals surface area contributed by atoms with Crippen molar-refractivity contribution in [3.8, 4) is 0 Å². The normalized spacial score (nSPS) is 15.4. The molecule has 0 aliphatic heterocycles.